The van der Waals surface area contributed by atoms with Crippen molar-refractivity contribution < 1.29 is 14.0 Å². The van der Waals surface area contributed by atoms with Crippen molar-refractivity contribution in [2.24, 2.45) is 17.8 Å². The Bertz CT molecular complexity index is 902. The molecule has 0 radical (unpaired) electrons. The van der Waals surface area contributed by atoms with Gasteiger partial charge >= 0.3 is 6.03 Å². The van der Waals surface area contributed by atoms with Crippen LogP contribution >= 0.6 is 11.8 Å². The first-order chi connectivity index (χ1) is 14.0. The summed E-state index contributed by atoms with van der Waals surface area (Å²) in [6.07, 6.45) is 8.34. The van der Waals surface area contributed by atoms with Crippen LogP contribution in [-0.4, -0.2) is 33.3 Å². The highest BCUT2D eigenvalue weighted by Gasteiger charge is 2.42. The van der Waals surface area contributed by atoms with Crippen LogP contribution in [0, 0.1) is 23.6 Å². The normalized spacial score (nSPS) is 23.7. The lowest BCUT2D eigenvalue weighted by molar-refractivity contribution is -0.117. The number of nitrogens with one attached hydrogen (secondary N) is 2. The summed E-state index contributed by atoms with van der Waals surface area (Å²) in [4.78, 5) is 28.6. The summed E-state index contributed by atoms with van der Waals surface area (Å²) in [7, 11) is 0. The highest BCUT2D eigenvalue weighted by Crippen LogP contribution is 2.49. The van der Waals surface area contributed by atoms with Gasteiger partial charge in [-0.2, -0.15) is 0 Å². The molecule has 8 heteroatoms. The zero-order chi connectivity index (χ0) is 20.4. The Morgan fingerprint density at radius 1 is 1.34 bits per heavy atom. The van der Waals surface area contributed by atoms with Gasteiger partial charge in [-0.15, -0.1) is 0 Å². The first-order valence-electron chi connectivity index (χ1n) is 10.0. The van der Waals surface area contributed by atoms with Crippen LogP contribution in [0.1, 0.15) is 32.6 Å². The maximum Gasteiger partial charge on any atom is 0.321 e. The summed E-state index contributed by atoms with van der Waals surface area (Å²) in [6, 6.07) is 5.78. The molecule has 4 unspecified atom stereocenters. The molecule has 1 heterocycles. The van der Waals surface area contributed by atoms with E-state index in [1.54, 1.807) is 29.1 Å². The first kappa shape index (κ1) is 19.9. The number of carbonyl (C=O) groups is 2. The van der Waals surface area contributed by atoms with E-state index >= 15 is 0 Å². The van der Waals surface area contributed by atoms with E-state index in [4.69, 9.17) is 0 Å². The van der Waals surface area contributed by atoms with Crippen molar-refractivity contribution in [2.75, 3.05) is 5.75 Å². The highest BCUT2D eigenvalue weighted by atomic mass is 32.2. The molecule has 4 atom stereocenters. The molecule has 6 nitrogen and oxygen atoms in total. The van der Waals surface area contributed by atoms with Gasteiger partial charge in [-0.25, -0.2) is 14.2 Å². The van der Waals surface area contributed by atoms with Crippen LogP contribution in [0.15, 0.2) is 41.8 Å². The smallest absolute Gasteiger partial charge is 0.321 e. The molecule has 2 fully saturated rings. The molecule has 1 aromatic carbocycles. The quantitative estimate of drug-likeness (QED) is 0.703. The number of aromatic nitrogens is 2. The summed E-state index contributed by atoms with van der Waals surface area (Å²) in [6.45, 7) is 2.03. The van der Waals surface area contributed by atoms with Gasteiger partial charge in [0, 0.05) is 18.4 Å². The zero-order valence-electron chi connectivity index (χ0n) is 16.3. The predicted molar refractivity (Wildman–Crippen MR) is 109 cm³/mol. The molecule has 1 aromatic heterocycles. The second kappa shape index (κ2) is 8.57. The number of imidazole rings is 1. The van der Waals surface area contributed by atoms with E-state index < -0.39 is 6.03 Å². The van der Waals surface area contributed by atoms with E-state index in [-0.39, 0.29) is 23.5 Å². The molecule has 0 aliphatic heterocycles. The van der Waals surface area contributed by atoms with Crippen molar-refractivity contribution in [1.82, 2.24) is 20.2 Å². The Hall–Kier alpha value is -2.35. The molecule has 2 N–H and O–H groups in total. The van der Waals surface area contributed by atoms with Crippen LogP contribution in [0.2, 0.25) is 0 Å². The van der Waals surface area contributed by atoms with E-state index in [2.05, 4.69) is 15.6 Å². The molecular formula is C21H25FN4O2S. The average Bonchev–Trinajstić information content (AvgIpc) is 3.42. The maximum atomic E-state index is 13.5. The minimum absolute atomic E-state index is 0.0439. The van der Waals surface area contributed by atoms with E-state index in [0.717, 1.165) is 5.92 Å². The van der Waals surface area contributed by atoms with Gasteiger partial charge in [0.05, 0.1) is 11.4 Å². The average molecular weight is 417 g/mol. The minimum atomic E-state index is -0.445. The number of fused-ring (bicyclic) bond motifs is 2. The van der Waals surface area contributed by atoms with Gasteiger partial charge in [0.2, 0.25) is 5.91 Å². The Kier molecular flexibility index (Phi) is 5.89. The SMILES string of the molecule is CC(NC(=O)NC(=O)CSc1nccn1-c1cccc(F)c1)C1CC2CCC1C2. The van der Waals surface area contributed by atoms with Gasteiger partial charge < -0.3 is 5.32 Å². The minimum Gasteiger partial charge on any atom is -0.335 e. The molecule has 29 heavy (non-hydrogen) atoms. The molecule has 2 aliphatic rings. The molecular weight excluding hydrogens is 391 g/mol. The summed E-state index contributed by atoms with van der Waals surface area (Å²) in [5.74, 6) is 1.36. The van der Waals surface area contributed by atoms with Crippen LogP contribution in [0.4, 0.5) is 9.18 Å². The Balaban J connectivity index is 1.26. The number of amides is 3. The molecule has 0 saturated heterocycles. The first-order valence-corrected chi connectivity index (χ1v) is 11.0. The van der Waals surface area contributed by atoms with Crippen LogP contribution < -0.4 is 10.6 Å². The number of hydrogen-bond donors (Lipinski definition) is 2. The second-order valence-electron chi connectivity index (χ2n) is 8.00. The van der Waals surface area contributed by atoms with Crippen molar-refractivity contribution in [1.29, 1.82) is 0 Å². The molecule has 3 amide bonds. The van der Waals surface area contributed by atoms with E-state index in [0.29, 0.717) is 22.7 Å². The molecule has 154 valence electrons. The van der Waals surface area contributed by atoms with Gasteiger partial charge in [0.25, 0.3) is 0 Å². The zero-order valence-corrected chi connectivity index (χ0v) is 17.1. The summed E-state index contributed by atoms with van der Waals surface area (Å²) >= 11 is 1.20. The molecule has 2 aliphatic carbocycles. The third-order valence-corrected chi connectivity index (χ3v) is 7.04. The van der Waals surface area contributed by atoms with Crippen LogP contribution in [0.3, 0.4) is 0 Å². The number of thioether (sulfide) groups is 1. The number of hydrogen-bond acceptors (Lipinski definition) is 4. The fraction of sp³-hybridized carbons (Fsp3) is 0.476. The standard InChI is InChI=1S/C21H25FN4O2S/c1-13(18-10-14-5-6-15(18)9-14)24-20(28)25-19(27)12-29-21-23-7-8-26(21)17-4-2-3-16(22)11-17/h2-4,7-8,11,13-15,18H,5-6,9-10,12H2,1H3,(H2,24,25,27,28). The lowest BCUT2D eigenvalue weighted by Crippen LogP contribution is -2.47. The Morgan fingerprint density at radius 3 is 2.93 bits per heavy atom. The van der Waals surface area contributed by atoms with Crippen molar-refractivity contribution >= 4 is 23.7 Å². The van der Waals surface area contributed by atoms with Crippen molar-refractivity contribution in [3.05, 3.63) is 42.5 Å². The Morgan fingerprint density at radius 2 is 2.21 bits per heavy atom. The number of nitrogens with zero attached hydrogens (tertiary/aromatic N) is 2. The molecule has 4 rings (SSSR count). The number of rotatable bonds is 6. The lowest BCUT2D eigenvalue weighted by atomic mass is 9.84. The van der Waals surface area contributed by atoms with Gasteiger partial charge in [0.15, 0.2) is 5.16 Å². The fourth-order valence-electron chi connectivity index (χ4n) is 4.77. The van der Waals surface area contributed by atoms with E-state index in [9.17, 15) is 14.0 Å². The Labute approximate surface area is 173 Å². The monoisotopic (exact) mass is 416 g/mol. The third-order valence-electron chi connectivity index (χ3n) is 6.07. The number of imide groups is 1. The predicted octanol–water partition coefficient (Wildman–Crippen LogP) is 3.75. The number of urea groups is 1. The summed E-state index contributed by atoms with van der Waals surface area (Å²) in [5, 5.41) is 5.89. The topological polar surface area (TPSA) is 76.0 Å². The molecule has 2 bridgehead atoms. The summed E-state index contributed by atoms with van der Waals surface area (Å²) < 4.78 is 15.2. The number of benzene rings is 1. The van der Waals surface area contributed by atoms with Gasteiger partial charge in [-0.05, 0) is 62.1 Å². The molecule has 2 aromatic rings. The van der Waals surface area contributed by atoms with Gasteiger partial charge in [-0.1, -0.05) is 24.2 Å². The molecule has 2 saturated carbocycles. The fourth-order valence-corrected chi connectivity index (χ4v) is 5.54. The maximum absolute atomic E-state index is 13.5. The number of halogens is 1. The highest BCUT2D eigenvalue weighted by molar-refractivity contribution is 7.99. The van der Waals surface area contributed by atoms with Gasteiger partial charge in [0.1, 0.15) is 5.82 Å². The van der Waals surface area contributed by atoms with Crippen molar-refractivity contribution in [3.8, 4) is 5.69 Å². The second-order valence-corrected chi connectivity index (χ2v) is 8.94. The summed E-state index contributed by atoms with van der Waals surface area (Å²) in [5.41, 5.74) is 0.628. The largest absolute Gasteiger partial charge is 0.335 e. The third kappa shape index (κ3) is 4.63. The molecule has 0 spiro atoms. The van der Waals surface area contributed by atoms with Crippen LogP contribution in [0.5, 0.6) is 0 Å². The van der Waals surface area contributed by atoms with Crippen LogP contribution in [-0.2, 0) is 4.79 Å². The van der Waals surface area contributed by atoms with Gasteiger partial charge in [-0.3, -0.25) is 14.7 Å². The van der Waals surface area contributed by atoms with E-state index in [1.165, 1.54) is 49.6 Å². The van der Waals surface area contributed by atoms with E-state index in [1.807, 2.05) is 6.92 Å². The van der Waals surface area contributed by atoms with Crippen molar-refractivity contribution in [2.45, 2.75) is 43.8 Å². The number of carbonyl (C=O) groups excluding carboxylic acids is 2. The van der Waals surface area contributed by atoms with Crippen LogP contribution in [0.25, 0.3) is 5.69 Å². The lowest BCUT2D eigenvalue weighted by Gasteiger charge is -2.28. The van der Waals surface area contributed by atoms with Crippen molar-refractivity contribution in [3.63, 3.8) is 0 Å².